The summed E-state index contributed by atoms with van der Waals surface area (Å²) in [6.45, 7) is 9.11. The molecule has 3 atom stereocenters. The first-order chi connectivity index (χ1) is 8.89. The molecule has 1 saturated heterocycles. The highest BCUT2D eigenvalue weighted by Gasteiger charge is 2.39. The van der Waals surface area contributed by atoms with Crippen LogP contribution in [0.5, 0.6) is 0 Å². The van der Waals surface area contributed by atoms with Gasteiger partial charge in [0.15, 0.2) is 0 Å². The predicted octanol–water partition coefficient (Wildman–Crippen LogP) is 3.39. The van der Waals surface area contributed by atoms with Gasteiger partial charge in [0.2, 0.25) is 0 Å². The molecule has 2 aliphatic rings. The predicted molar refractivity (Wildman–Crippen MR) is 77.1 cm³/mol. The number of aliphatic carboxylic acids is 1. The van der Waals surface area contributed by atoms with Gasteiger partial charge in [-0.2, -0.15) is 0 Å². The number of likely N-dealkylation sites (tertiary alicyclic amines) is 1. The molecule has 0 amide bonds. The molecule has 2 rings (SSSR count). The van der Waals surface area contributed by atoms with Gasteiger partial charge in [-0.15, -0.1) is 0 Å². The monoisotopic (exact) mass is 267 g/mol. The fourth-order valence-corrected chi connectivity index (χ4v) is 3.81. The van der Waals surface area contributed by atoms with E-state index in [-0.39, 0.29) is 12.0 Å². The molecule has 0 aromatic carbocycles. The van der Waals surface area contributed by atoms with Crippen LogP contribution in [0.25, 0.3) is 0 Å². The summed E-state index contributed by atoms with van der Waals surface area (Å²) in [7, 11) is 0. The molecule has 1 aliphatic heterocycles. The molecule has 1 saturated carbocycles. The summed E-state index contributed by atoms with van der Waals surface area (Å²) < 4.78 is 0. The minimum Gasteiger partial charge on any atom is -0.481 e. The normalized spacial score (nSPS) is 34.2. The Morgan fingerprint density at radius 2 is 1.79 bits per heavy atom. The summed E-state index contributed by atoms with van der Waals surface area (Å²) in [4.78, 5) is 14.0. The zero-order valence-electron chi connectivity index (χ0n) is 12.7. The lowest BCUT2D eigenvalue weighted by Gasteiger charge is -2.33. The quantitative estimate of drug-likeness (QED) is 0.780. The largest absolute Gasteiger partial charge is 0.481 e. The standard InChI is InChI=1S/C16H29NO2/c1-16(2,3)12-9-10-17(11-12)14-8-6-4-5-7-13(14)15(18)19/h12-14H,4-11H2,1-3H3,(H,18,19). The number of hydrogen-bond acceptors (Lipinski definition) is 2. The highest BCUT2D eigenvalue weighted by molar-refractivity contribution is 5.71. The van der Waals surface area contributed by atoms with Crippen molar-refractivity contribution in [3.05, 3.63) is 0 Å². The number of hydrogen-bond donors (Lipinski definition) is 1. The van der Waals surface area contributed by atoms with E-state index in [0.29, 0.717) is 11.3 Å². The van der Waals surface area contributed by atoms with Crippen LogP contribution in [0.1, 0.15) is 59.3 Å². The number of carboxylic acid groups (broad SMARTS) is 1. The highest BCUT2D eigenvalue weighted by Crippen LogP contribution is 2.37. The second-order valence-electron chi connectivity index (χ2n) is 7.50. The molecule has 0 spiro atoms. The summed E-state index contributed by atoms with van der Waals surface area (Å²) in [6.07, 6.45) is 6.67. The van der Waals surface area contributed by atoms with E-state index in [2.05, 4.69) is 25.7 Å². The van der Waals surface area contributed by atoms with Crippen LogP contribution in [0, 0.1) is 17.3 Å². The average molecular weight is 267 g/mol. The first-order valence-corrected chi connectivity index (χ1v) is 7.86. The first-order valence-electron chi connectivity index (χ1n) is 7.86. The van der Waals surface area contributed by atoms with Crippen LogP contribution in [0.2, 0.25) is 0 Å². The first kappa shape index (κ1) is 14.8. The van der Waals surface area contributed by atoms with E-state index in [9.17, 15) is 9.90 Å². The Morgan fingerprint density at radius 3 is 2.37 bits per heavy atom. The number of rotatable bonds is 2. The Morgan fingerprint density at radius 1 is 1.11 bits per heavy atom. The Bertz CT molecular complexity index is 321. The summed E-state index contributed by atoms with van der Waals surface area (Å²) in [6, 6.07) is 0.285. The van der Waals surface area contributed by atoms with Crippen molar-refractivity contribution < 1.29 is 9.90 Å². The molecule has 1 N–H and O–H groups in total. The molecule has 110 valence electrons. The fourth-order valence-electron chi connectivity index (χ4n) is 3.81. The molecule has 2 fully saturated rings. The zero-order chi connectivity index (χ0) is 14.0. The van der Waals surface area contributed by atoms with Gasteiger partial charge in [-0.25, -0.2) is 0 Å². The highest BCUT2D eigenvalue weighted by atomic mass is 16.4. The SMILES string of the molecule is CC(C)(C)C1CCN(C2CCCCCC2C(=O)O)C1. The van der Waals surface area contributed by atoms with Crippen molar-refractivity contribution >= 4 is 5.97 Å². The second kappa shape index (κ2) is 5.82. The van der Waals surface area contributed by atoms with Crippen LogP contribution in [0.4, 0.5) is 0 Å². The summed E-state index contributed by atoms with van der Waals surface area (Å²) >= 11 is 0. The Balaban J connectivity index is 2.05. The van der Waals surface area contributed by atoms with Crippen molar-refractivity contribution in [2.24, 2.45) is 17.3 Å². The molecule has 3 heteroatoms. The van der Waals surface area contributed by atoms with Crippen molar-refractivity contribution in [1.82, 2.24) is 4.90 Å². The van der Waals surface area contributed by atoms with Gasteiger partial charge in [0.05, 0.1) is 5.92 Å². The number of carboxylic acids is 1. The Kier molecular flexibility index (Phi) is 4.54. The van der Waals surface area contributed by atoms with E-state index in [1.807, 2.05) is 0 Å². The number of nitrogens with zero attached hydrogens (tertiary/aromatic N) is 1. The Hall–Kier alpha value is -0.570. The maximum absolute atomic E-state index is 11.5. The van der Waals surface area contributed by atoms with Gasteiger partial charge in [-0.05, 0) is 37.1 Å². The molecule has 0 radical (unpaired) electrons. The smallest absolute Gasteiger partial charge is 0.308 e. The van der Waals surface area contributed by atoms with E-state index in [0.717, 1.165) is 32.4 Å². The minimum atomic E-state index is -0.578. The molecule has 0 bridgehead atoms. The maximum Gasteiger partial charge on any atom is 0.308 e. The van der Waals surface area contributed by atoms with Gasteiger partial charge in [0, 0.05) is 12.6 Å². The second-order valence-corrected chi connectivity index (χ2v) is 7.50. The average Bonchev–Trinajstić information content (AvgIpc) is 2.67. The molecule has 19 heavy (non-hydrogen) atoms. The van der Waals surface area contributed by atoms with Gasteiger partial charge in [0.25, 0.3) is 0 Å². The molecule has 3 unspecified atom stereocenters. The third-order valence-corrected chi connectivity index (χ3v) is 5.21. The third kappa shape index (κ3) is 3.50. The van der Waals surface area contributed by atoms with Gasteiger partial charge >= 0.3 is 5.97 Å². The summed E-state index contributed by atoms with van der Waals surface area (Å²) in [5.74, 6) is -0.00229. The van der Waals surface area contributed by atoms with E-state index >= 15 is 0 Å². The van der Waals surface area contributed by atoms with Gasteiger partial charge < -0.3 is 5.11 Å². The molecule has 3 nitrogen and oxygen atoms in total. The van der Waals surface area contributed by atoms with Crippen molar-refractivity contribution in [3.8, 4) is 0 Å². The lowest BCUT2D eigenvalue weighted by atomic mass is 9.80. The van der Waals surface area contributed by atoms with Crippen molar-refractivity contribution in [2.45, 2.75) is 65.3 Å². The molecule has 1 heterocycles. The van der Waals surface area contributed by atoms with E-state index in [1.165, 1.54) is 19.3 Å². The van der Waals surface area contributed by atoms with Crippen LogP contribution in [0.15, 0.2) is 0 Å². The maximum atomic E-state index is 11.5. The Labute approximate surface area is 117 Å². The van der Waals surface area contributed by atoms with Crippen LogP contribution in [-0.2, 0) is 4.79 Å². The van der Waals surface area contributed by atoms with E-state index in [1.54, 1.807) is 0 Å². The van der Waals surface area contributed by atoms with E-state index in [4.69, 9.17) is 0 Å². The van der Waals surface area contributed by atoms with Crippen molar-refractivity contribution in [1.29, 1.82) is 0 Å². The van der Waals surface area contributed by atoms with Gasteiger partial charge in [0.1, 0.15) is 0 Å². The van der Waals surface area contributed by atoms with Crippen molar-refractivity contribution in [3.63, 3.8) is 0 Å². The van der Waals surface area contributed by atoms with Crippen LogP contribution in [0.3, 0.4) is 0 Å². The molecule has 1 aliphatic carbocycles. The summed E-state index contributed by atoms with van der Waals surface area (Å²) in [5, 5.41) is 9.49. The molecule has 0 aromatic rings. The van der Waals surface area contributed by atoms with Crippen LogP contribution >= 0.6 is 0 Å². The number of carbonyl (C=O) groups is 1. The molecular weight excluding hydrogens is 238 g/mol. The fraction of sp³-hybridized carbons (Fsp3) is 0.938. The van der Waals surface area contributed by atoms with Gasteiger partial charge in [-0.1, -0.05) is 40.0 Å². The van der Waals surface area contributed by atoms with Crippen molar-refractivity contribution in [2.75, 3.05) is 13.1 Å². The zero-order valence-corrected chi connectivity index (χ0v) is 12.7. The van der Waals surface area contributed by atoms with Crippen LogP contribution in [-0.4, -0.2) is 35.1 Å². The van der Waals surface area contributed by atoms with E-state index < -0.39 is 5.97 Å². The topological polar surface area (TPSA) is 40.5 Å². The van der Waals surface area contributed by atoms with Gasteiger partial charge in [-0.3, -0.25) is 9.69 Å². The lowest BCUT2D eigenvalue weighted by molar-refractivity contribution is -0.144. The lowest BCUT2D eigenvalue weighted by Crippen LogP contribution is -2.42. The summed E-state index contributed by atoms with van der Waals surface area (Å²) in [5.41, 5.74) is 0.345. The molecule has 0 aromatic heterocycles. The van der Waals surface area contributed by atoms with Crippen LogP contribution < -0.4 is 0 Å². The third-order valence-electron chi connectivity index (χ3n) is 5.21. The minimum absolute atomic E-state index is 0.138. The molecular formula is C16H29NO2.